The van der Waals surface area contributed by atoms with Crippen LogP contribution < -0.4 is 10.6 Å². The molecule has 2 heterocycles. The van der Waals surface area contributed by atoms with E-state index in [-0.39, 0.29) is 11.3 Å². The lowest BCUT2D eigenvalue weighted by Gasteiger charge is -2.20. The second-order valence-electron chi connectivity index (χ2n) is 4.79. The number of aromatic carboxylic acids is 1. The van der Waals surface area contributed by atoms with Gasteiger partial charge >= 0.3 is 5.97 Å². The predicted molar refractivity (Wildman–Crippen MR) is 70.8 cm³/mol. The van der Waals surface area contributed by atoms with Gasteiger partial charge in [0.1, 0.15) is 0 Å². The predicted octanol–water partition coefficient (Wildman–Crippen LogP) is 1.99. The molecule has 5 heteroatoms. The molecule has 1 aromatic rings. The van der Waals surface area contributed by atoms with Gasteiger partial charge in [-0.15, -0.1) is 0 Å². The molecule has 0 amide bonds. The van der Waals surface area contributed by atoms with E-state index in [9.17, 15) is 4.79 Å². The van der Waals surface area contributed by atoms with Gasteiger partial charge in [0.15, 0.2) is 5.82 Å². The highest BCUT2D eigenvalue weighted by molar-refractivity contribution is 5.96. The number of anilines is 2. The first-order valence-electron chi connectivity index (χ1n) is 6.36. The van der Waals surface area contributed by atoms with Crippen molar-refractivity contribution in [3.63, 3.8) is 0 Å². The molecule has 1 atom stereocenters. The summed E-state index contributed by atoms with van der Waals surface area (Å²) in [6, 6.07) is 1.45. The lowest BCUT2D eigenvalue weighted by atomic mass is 10.0. The van der Waals surface area contributed by atoms with Gasteiger partial charge in [-0.25, -0.2) is 9.78 Å². The number of carboxylic acid groups (broad SMARTS) is 1. The molecule has 1 fully saturated rings. The summed E-state index contributed by atoms with van der Waals surface area (Å²) in [7, 11) is 0. The first kappa shape index (κ1) is 12.7. The van der Waals surface area contributed by atoms with Gasteiger partial charge in [0.25, 0.3) is 0 Å². The second-order valence-corrected chi connectivity index (χ2v) is 4.79. The number of nitrogens with zero attached hydrogens (tertiary/aromatic N) is 2. The minimum Gasteiger partial charge on any atom is -0.478 e. The van der Waals surface area contributed by atoms with E-state index in [0.717, 1.165) is 19.5 Å². The average Bonchev–Trinajstić information content (AvgIpc) is 2.78. The van der Waals surface area contributed by atoms with Crippen molar-refractivity contribution in [1.82, 2.24) is 4.98 Å². The summed E-state index contributed by atoms with van der Waals surface area (Å²) < 4.78 is 0. The van der Waals surface area contributed by atoms with Gasteiger partial charge in [-0.1, -0.05) is 13.3 Å². The highest BCUT2D eigenvalue weighted by Gasteiger charge is 2.25. The smallest absolute Gasteiger partial charge is 0.337 e. The van der Waals surface area contributed by atoms with Gasteiger partial charge in [0.05, 0.1) is 11.3 Å². The molecule has 1 unspecified atom stereocenters. The molecule has 0 radical (unpaired) electrons. The van der Waals surface area contributed by atoms with Crippen molar-refractivity contribution >= 4 is 17.5 Å². The third-order valence-corrected chi connectivity index (χ3v) is 3.48. The van der Waals surface area contributed by atoms with Gasteiger partial charge in [-0.3, -0.25) is 0 Å². The van der Waals surface area contributed by atoms with Gasteiger partial charge in [-0.05, 0) is 24.8 Å². The molecule has 0 spiro atoms. The van der Waals surface area contributed by atoms with Crippen LogP contribution in [0, 0.1) is 5.92 Å². The maximum absolute atomic E-state index is 11.0. The molecule has 0 saturated carbocycles. The molecule has 1 saturated heterocycles. The molecule has 98 valence electrons. The zero-order valence-corrected chi connectivity index (χ0v) is 10.6. The van der Waals surface area contributed by atoms with Crippen molar-refractivity contribution in [1.29, 1.82) is 0 Å². The Labute approximate surface area is 107 Å². The van der Waals surface area contributed by atoms with E-state index >= 15 is 0 Å². The van der Waals surface area contributed by atoms with E-state index in [1.54, 1.807) is 0 Å². The van der Waals surface area contributed by atoms with E-state index in [4.69, 9.17) is 10.8 Å². The topological polar surface area (TPSA) is 79.5 Å². The minimum atomic E-state index is -1.000. The molecule has 1 aliphatic rings. The summed E-state index contributed by atoms with van der Waals surface area (Å²) in [5.74, 6) is 0.290. The number of hydrogen-bond acceptors (Lipinski definition) is 4. The Morgan fingerprint density at radius 1 is 1.67 bits per heavy atom. The molecule has 0 aromatic carbocycles. The maximum atomic E-state index is 11.0. The molecule has 0 bridgehead atoms. The standard InChI is InChI=1S/C13H19N3O2/c1-2-3-9-5-7-16(8-9)12-11(14)10(13(17)18)4-6-15-12/h4,6,9H,2-3,5,7-8,14H2,1H3,(H,17,18). The maximum Gasteiger partial charge on any atom is 0.337 e. The molecule has 3 N–H and O–H groups in total. The first-order valence-corrected chi connectivity index (χ1v) is 6.36. The van der Waals surface area contributed by atoms with E-state index < -0.39 is 5.97 Å². The van der Waals surface area contributed by atoms with Crippen molar-refractivity contribution in [3.8, 4) is 0 Å². The van der Waals surface area contributed by atoms with Crippen LogP contribution in [0.5, 0.6) is 0 Å². The van der Waals surface area contributed by atoms with Crippen molar-refractivity contribution in [2.75, 3.05) is 23.7 Å². The Morgan fingerprint density at radius 3 is 3.11 bits per heavy atom. The van der Waals surface area contributed by atoms with Gasteiger partial charge < -0.3 is 15.7 Å². The zero-order chi connectivity index (χ0) is 13.1. The Hall–Kier alpha value is -1.78. The molecule has 1 aliphatic heterocycles. The monoisotopic (exact) mass is 249 g/mol. The van der Waals surface area contributed by atoms with Crippen LogP contribution >= 0.6 is 0 Å². The second kappa shape index (κ2) is 5.25. The lowest BCUT2D eigenvalue weighted by Crippen LogP contribution is -2.23. The van der Waals surface area contributed by atoms with Crippen LogP contribution in [-0.4, -0.2) is 29.1 Å². The molecule has 1 aromatic heterocycles. The van der Waals surface area contributed by atoms with Crippen molar-refractivity contribution in [3.05, 3.63) is 17.8 Å². The number of carbonyl (C=O) groups is 1. The Balaban J connectivity index is 2.19. The van der Waals surface area contributed by atoms with Crippen LogP contribution in [0.25, 0.3) is 0 Å². The van der Waals surface area contributed by atoms with Crippen LogP contribution in [0.3, 0.4) is 0 Å². The molecular formula is C13H19N3O2. The molecule has 2 rings (SSSR count). The third kappa shape index (κ3) is 2.39. The summed E-state index contributed by atoms with van der Waals surface area (Å²) in [4.78, 5) is 17.4. The van der Waals surface area contributed by atoms with Crippen LogP contribution in [0.15, 0.2) is 12.3 Å². The van der Waals surface area contributed by atoms with Crippen molar-refractivity contribution in [2.45, 2.75) is 26.2 Å². The fourth-order valence-electron chi connectivity index (χ4n) is 2.57. The van der Waals surface area contributed by atoms with E-state index in [0.29, 0.717) is 11.7 Å². The largest absolute Gasteiger partial charge is 0.478 e. The van der Waals surface area contributed by atoms with Crippen LogP contribution in [0.2, 0.25) is 0 Å². The van der Waals surface area contributed by atoms with E-state index in [1.165, 1.54) is 25.1 Å². The first-order chi connectivity index (χ1) is 8.63. The number of aromatic nitrogens is 1. The molecular weight excluding hydrogens is 230 g/mol. The van der Waals surface area contributed by atoms with E-state index in [1.807, 2.05) is 0 Å². The molecule has 0 aliphatic carbocycles. The number of nitrogens with two attached hydrogens (primary N) is 1. The normalized spacial score (nSPS) is 19.2. The molecule has 18 heavy (non-hydrogen) atoms. The SMILES string of the molecule is CCCC1CCN(c2nccc(C(=O)O)c2N)C1. The van der Waals surface area contributed by atoms with Crippen LogP contribution in [0.4, 0.5) is 11.5 Å². The number of hydrogen-bond donors (Lipinski definition) is 2. The van der Waals surface area contributed by atoms with Crippen molar-refractivity contribution in [2.24, 2.45) is 5.92 Å². The number of pyridine rings is 1. The fraction of sp³-hybridized carbons (Fsp3) is 0.538. The Kier molecular flexibility index (Phi) is 3.69. The molecule has 5 nitrogen and oxygen atoms in total. The Morgan fingerprint density at radius 2 is 2.44 bits per heavy atom. The summed E-state index contributed by atoms with van der Waals surface area (Å²) in [6.07, 6.45) is 5.03. The quantitative estimate of drug-likeness (QED) is 0.853. The minimum absolute atomic E-state index is 0.138. The van der Waals surface area contributed by atoms with Gasteiger partial charge in [0, 0.05) is 19.3 Å². The summed E-state index contributed by atoms with van der Waals surface area (Å²) in [6.45, 7) is 4.01. The van der Waals surface area contributed by atoms with Gasteiger partial charge in [-0.2, -0.15) is 0 Å². The summed E-state index contributed by atoms with van der Waals surface area (Å²) >= 11 is 0. The van der Waals surface area contributed by atoms with Crippen LogP contribution in [-0.2, 0) is 0 Å². The highest BCUT2D eigenvalue weighted by Crippen LogP contribution is 2.30. The Bertz CT molecular complexity index is 448. The lowest BCUT2D eigenvalue weighted by molar-refractivity contribution is 0.0698. The van der Waals surface area contributed by atoms with Gasteiger partial charge in [0.2, 0.25) is 0 Å². The number of nitrogen functional groups attached to an aromatic ring is 1. The zero-order valence-electron chi connectivity index (χ0n) is 10.6. The van der Waals surface area contributed by atoms with Crippen LogP contribution in [0.1, 0.15) is 36.5 Å². The number of carboxylic acids is 1. The third-order valence-electron chi connectivity index (χ3n) is 3.48. The van der Waals surface area contributed by atoms with Crippen molar-refractivity contribution < 1.29 is 9.90 Å². The average molecular weight is 249 g/mol. The summed E-state index contributed by atoms with van der Waals surface area (Å²) in [5, 5.41) is 9.04. The summed E-state index contributed by atoms with van der Waals surface area (Å²) in [5.41, 5.74) is 6.32. The fourth-order valence-corrected chi connectivity index (χ4v) is 2.57. The van der Waals surface area contributed by atoms with E-state index in [2.05, 4.69) is 16.8 Å². The number of rotatable bonds is 4. The highest BCUT2D eigenvalue weighted by atomic mass is 16.4.